The number of ether oxygens (including phenoxy) is 3. The molecule has 3 unspecified atom stereocenters. The van der Waals surface area contributed by atoms with E-state index < -0.39 is 0 Å². The predicted molar refractivity (Wildman–Crippen MR) is 111 cm³/mol. The van der Waals surface area contributed by atoms with Gasteiger partial charge in [0, 0.05) is 12.5 Å². The molecule has 0 radical (unpaired) electrons. The van der Waals surface area contributed by atoms with E-state index in [0.717, 1.165) is 30.1 Å². The van der Waals surface area contributed by atoms with Crippen LogP contribution in [0.2, 0.25) is 0 Å². The molecule has 0 fully saturated rings. The first-order chi connectivity index (χ1) is 13.4. The van der Waals surface area contributed by atoms with Crippen molar-refractivity contribution in [1.29, 1.82) is 0 Å². The fourth-order valence-electron chi connectivity index (χ4n) is 4.76. The van der Waals surface area contributed by atoms with Crippen molar-refractivity contribution in [2.75, 3.05) is 13.3 Å². The quantitative estimate of drug-likeness (QED) is 0.792. The van der Waals surface area contributed by atoms with Crippen LogP contribution in [0.5, 0.6) is 17.2 Å². The summed E-state index contributed by atoms with van der Waals surface area (Å²) in [4.78, 5) is 0. The van der Waals surface area contributed by atoms with Crippen LogP contribution in [0.1, 0.15) is 57.6 Å². The maximum Gasteiger partial charge on any atom is 0.231 e. The monoisotopic (exact) mass is 381 g/mol. The minimum absolute atomic E-state index is 0.0732. The smallest absolute Gasteiger partial charge is 0.231 e. The molecular weight excluding hydrogens is 350 g/mol. The van der Waals surface area contributed by atoms with Gasteiger partial charge in [-0.25, -0.2) is 0 Å². The van der Waals surface area contributed by atoms with Crippen LogP contribution in [-0.4, -0.2) is 18.9 Å². The molecule has 0 aromatic heterocycles. The third kappa shape index (κ3) is 2.86. The zero-order chi connectivity index (χ0) is 19.9. The molecule has 4 nitrogen and oxygen atoms in total. The number of hydrogen-bond donors (Lipinski definition) is 1. The molecule has 0 amide bonds. The molecule has 2 aliphatic heterocycles. The lowest BCUT2D eigenvalue weighted by atomic mass is 9.61. The summed E-state index contributed by atoms with van der Waals surface area (Å²) in [7, 11) is 0. The Morgan fingerprint density at radius 3 is 2.57 bits per heavy atom. The second-order valence-electron chi connectivity index (χ2n) is 8.66. The number of fused-ring (bicyclic) bond motifs is 2. The number of benzene rings is 2. The molecule has 28 heavy (non-hydrogen) atoms. The van der Waals surface area contributed by atoms with E-state index in [1.165, 1.54) is 11.1 Å². The van der Waals surface area contributed by atoms with Gasteiger partial charge in [-0.15, -0.1) is 0 Å². The molecule has 4 rings (SSSR count). The van der Waals surface area contributed by atoms with Crippen molar-refractivity contribution in [3.63, 3.8) is 0 Å². The molecule has 0 aliphatic carbocycles. The van der Waals surface area contributed by atoms with Gasteiger partial charge in [0.2, 0.25) is 6.79 Å². The van der Waals surface area contributed by atoms with E-state index in [9.17, 15) is 0 Å². The van der Waals surface area contributed by atoms with Crippen LogP contribution in [0, 0.1) is 5.92 Å². The van der Waals surface area contributed by atoms with Gasteiger partial charge >= 0.3 is 0 Å². The molecule has 150 valence electrons. The third-order valence-corrected chi connectivity index (χ3v) is 7.09. The molecule has 2 aromatic rings. The van der Waals surface area contributed by atoms with Crippen molar-refractivity contribution in [1.82, 2.24) is 0 Å². The number of hydrogen-bond acceptors (Lipinski definition) is 4. The second kappa shape index (κ2) is 7.00. The fourth-order valence-corrected chi connectivity index (χ4v) is 4.76. The molecule has 0 spiro atoms. The third-order valence-electron chi connectivity index (χ3n) is 7.09. The average Bonchev–Trinajstić information content (AvgIpc) is 3.20. The van der Waals surface area contributed by atoms with E-state index in [1.807, 2.05) is 12.1 Å². The van der Waals surface area contributed by atoms with Crippen LogP contribution in [0.25, 0.3) is 0 Å². The first kappa shape index (κ1) is 19.1. The second-order valence-corrected chi connectivity index (χ2v) is 8.66. The Morgan fingerprint density at radius 2 is 1.86 bits per heavy atom. The summed E-state index contributed by atoms with van der Waals surface area (Å²) < 4.78 is 17.7. The lowest BCUT2D eigenvalue weighted by Crippen LogP contribution is -2.53. The summed E-state index contributed by atoms with van der Waals surface area (Å²) in [5, 5.41) is 0. The Kier molecular flexibility index (Phi) is 4.78. The summed E-state index contributed by atoms with van der Waals surface area (Å²) in [6.07, 6.45) is 1.90. The van der Waals surface area contributed by atoms with Crippen molar-refractivity contribution >= 4 is 0 Å². The summed E-state index contributed by atoms with van der Waals surface area (Å²) in [6, 6.07) is 14.8. The highest BCUT2D eigenvalue weighted by Gasteiger charge is 2.48. The van der Waals surface area contributed by atoms with Crippen LogP contribution in [0.4, 0.5) is 0 Å². The molecule has 0 saturated carbocycles. The van der Waals surface area contributed by atoms with Crippen LogP contribution in [0.15, 0.2) is 42.5 Å². The number of para-hydroxylation sites is 1. The van der Waals surface area contributed by atoms with E-state index in [1.54, 1.807) is 0 Å². The Labute approximate surface area is 168 Å². The van der Waals surface area contributed by atoms with Crippen molar-refractivity contribution in [3.05, 3.63) is 53.6 Å². The molecule has 2 aromatic carbocycles. The van der Waals surface area contributed by atoms with Gasteiger partial charge in [-0.05, 0) is 53.5 Å². The first-order valence-corrected chi connectivity index (χ1v) is 10.3. The van der Waals surface area contributed by atoms with E-state index in [4.69, 9.17) is 19.9 Å². The first-order valence-electron chi connectivity index (χ1n) is 10.3. The Hall–Kier alpha value is -2.20. The SMILES string of the molecule is CCC(C)(c1ccc2c(c1)OCO2)C1CC(CN)(C(C)C)Oc2ccccc21. The minimum atomic E-state index is -0.355. The highest BCUT2D eigenvalue weighted by Crippen LogP contribution is 2.54. The lowest BCUT2D eigenvalue weighted by Gasteiger charge is -2.50. The number of rotatable bonds is 5. The van der Waals surface area contributed by atoms with Gasteiger partial charge in [-0.1, -0.05) is 52.0 Å². The Morgan fingerprint density at radius 1 is 1.11 bits per heavy atom. The molecule has 2 aliphatic rings. The molecule has 0 bridgehead atoms. The van der Waals surface area contributed by atoms with E-state index >= 15 is 0 Å². The molecule has 0 saturated heterocycles. The van der Waals surface area contributed by atoms with Gasteiger partial charge in [-0.3, -0.25) is 0 Å². The normalized spacial score (nSPS) is 25.1. The van der Waals surface area contributed by atoms with Crippen LogP contribution >= 0.6 is 0 Å². The maximum atomic E-state index is 6.54. The van der Waals surface area contributed by atoms with Gasteiger partial charge in [0.05, 0.1) is 0 Å². The van der Waals surface area contributed by atoms with Crippen molar-refractivity contribution < 1.29 is 14.2 Å². The molecule has 2 heterocycles. The topological polar surface area (TPSA) is 53.7 Å². The zero-order valence-corrected chi connectivity index (χ0v) is 17.3. The summed E-state index contributed by atoms with van der Waals surface area (Å²) >= 11 is 0. The molecule has 3 atom stereocenters. The predicted octanol–water partition coefficient (Wildman–Crippen LogP) is 5.00. The average molecular weight is 382 g/mol. The molecular formula is C24H31NO3. The van der Waals surface area contributed by atoms with Crippen molar-refractivity contribution in [2.45, 2.75) is 57.5 Å². The Bertz CT molecular complexity index is 865. The molecule has 2 N–H and O–H groups in total. The summed E-state index contributed by atoms with van der Waals surface area (Å²) in [5.74, 6) is 3.26. The highest BCUT2D eigenvalue weighted by molar-refractivity contribution is 5.49. The number of nitrogens with two attached hydrogens (primary N) is 1. The van der Waals surface area contributed by atoms with E-state index in [0.29, 0.717) is 25.2 Å². The zero-order valence-electron chi connectivity index (χ0n) is 17.3. The van der Waals surface area contributed by atoms with Gasteiger partial charge in [0.15, 0.2) is 11.5 Å². The van der Waals surface area contributed by atoms with Gasteiger partial charge in [0.25, 0.3) is 0 Å². The summed E-state index contributed by atoms with van der Waals surface area (Å²) in [6.45, 7) is 9.85. The maximum absolute atomic E-state index is 6.54. The van der Waals surface area contributed by atoms with Crippen LogP contribution in [0.3, 0.4) is 0 Å². The van der Waals surface area contributed by atoms with Crippen molar-refractivity contribution in [2.24, 2.45) is 11.7 Å². The Balaban J connectivity index is 1.84. The minimum Gasteiger partial charge on any atom is -0.485 e. The fraction of sp³-hybridized carbons (Fsp3) is 0.500. The van der Waals surface area contributed by atoms with Gasteiger partial charge in [0.1, 0.15) is 11.4 Å². The summed E-state index contributed by atoms with van der Waals surface area (Å²) in [5.41, 5.74) is 8.41. The largest absolute Gasteiger partial charge is 0.485 e. The van der Waals surface area contributed by atoms with Crippen molar-refractivity contribution in [3.8, 4) is 17.2 Å². The highest BCUT2D eigenvalue weighted by atomic mass is 16.7. The lowest BCUT2D eigenvalue weighted by molar-refractivity contribution is -0.00915. The van der Waals surface area contributed by atoms with Gasteiger partial charge < -0.3 is 19.9 Å². The van der Waals surface area contributed by atoms with Gasteiger partial charge in [-0.2, -0.15) is 0 Å². The van der Waals surface area contributed by atoms with E-state index in [-0.39, 0.29) is 11.0 Å². The standard InChI is InChI=1S/C24H31NO3/c1-5-23(4,17-10-11-21-22(12-17)27-15-26-21)19-13-24(14-25,16(2)3)28-20-9-7-6-8-18(19)20/h6-12,16,19H,5,13-15,25H2,1-4H3. The van der Waals surface area contributed by atoms with Crippen LogP contribution in [-0.2, 0) is 5.41 Å². The van der Waals surface area contributed by atoms with Crippen LogP contribution < -0.4 is 19.9 Å². The molecule has 4 heteroatoms. The van der Waals surface area contributed by atoms with E-state index in [2.05, 4.69) is 58.0 Å².